The molecule has 0 unspecified atom stereocenters. The molecular formula is C19H20O4. The fourth-order valence-corrected chi connectivity index (χ4v) is 2.09. The number of hydrogen-bond acceptors (Lipinski definition) is 4. The van der Waals surface area contributed by atoms with Gasteiger partial charge in [0.05, 0.1) is 13.7 Å². The van der Waals surface area contributed by atoms with Crippen LogP contribution in [0.3, 0.4) is 0 Å². The highest BCUT2D eigenvalue weighted by molar-refractivity contribution is 5.81. The average Bonchev–Trinajstić information content (AvgIpc) is 3.05. The van der Waals surface area contributed by atoms with Gasteiger partial charge in [0.25, 0.3) is 0 Å². The summed E-state index contributed by atoms with van der Waals surface area (Å²) in [4.78, 5) is 11.3. The lowest BCUT2D eigenvalue weighted by molar-refractivity contribution is -0.137. The van der Waals surface area contributed by atoms with E-state index in [1.807, 2.05) is 48.6 Å². The normalized spacial score (nSPS) is 12.7. The third kappa shape index (κ3) is 4.88. The number of benzene rings is 1. The molecule has 4 nitrogen and oxygen atoms in total. The van der Waals surface area contributed by atoms with Crippen molar-refractivity contribution >= 4 is 12.0 Å². The molecule has 0 fully saturated rings. The van der Waals surface area contributed by atoms with Gasteiger partial charge in [-0.25, -0.2) is 4.79 Å². The average molecular weight is 312 g/mol. The summed E-state index contributed by atoms with van der Waals surface area (Å²) in [6, 6.07) is 5.71. The van der Waals surface area contributed by atoms with Gasteiger partial charge in [0.2, 0.25) is 0 Å². The van der Waals surface area contributed by atoms with Crippen LogP contribution >= 0.6 is 0 Å². The molecule has 0 bridgehead atoms. The van der Waals surface area contributed by atoms with E-state index in [-0.39, 0.29) is 12.6 Å². The standard InChI is InChI=1S/C19H20O4/c1-3-22-18(20)12-7-13-23-19-16(10-6-11-17(19)21-2)14-15-8-4-5-9-15/h4-12,14H,3,13H2,1-2H3/b12-7+. The van der Waals surface area contributed by atoms with E-state index in [9.17, 15) is 4.79 Å². The fraction of sp³-hybridized carbons (Fsp3) is 0.211. The summed E-state index contributed by atoms with van der Waals surface area (Å²) in [7, 11) is 1.60. The maximum absolute atomic E-state index is 11.3. The first kappa shape index (κ1) is 16.6. The first-order valence-corrected chi connectivity index (χ1v) is 7.44. The Morgan fingerprint density at radius 3 is 2.70 bits per heavy atom. The smallest absolute Gasteiger partial charge is 0.330 e. The summed E-state index contributed by atoms with van der Waals surface area (Å²) < 4.78 is 16.0. The van der Waals surface area contributed by atoms with Gasteiger partial charge in [-0.15, -0.1) is 0 Å². The van der Waals surface area contributed by atoms with Crippen LogP contribution in [-0.4, -0.2) is 26.3 Å². The van der Waals surface area contributed by atoms with Crippen LogP contribution in [0.2, 0.25) is 0 Å². The molecule has 1 aromatic carbocycles. The van der Waals surface area contributed by atoms with Gasteiger partial charge in [0.1, 0.15) is 6.61 Å². The minimum atomic E-state index is -0.375. The number of ether oxygens (including phenoxy) is 3. The lowest BCUT2D eigenvalue weighted by Gasteiger charge is -2.12. The first-order chi connectivity index (χ1) is 11.2. The molecule has 2 rings (SSSR count). The predicted octanol–water partition coefficient (Wildman–Crippen LogP) is 3.70. The second-order valence-corrected chi connectivity index (χ2v) is 4.71. The highest BCUT2D eigenvalue weighted by Gasteiger charge is 2.09. The zero-order valence-corrected chi connectivity index (χ0v) is 13.3. The Morgan fingerprint density at radius 2 is 2.00 bits per heavy atom. The zero-order chi connectivity index (χ0) is 16.5. The molecular weight excluding hydrogens is 292 g/mol. The number of allylic oxidation sites excluding steroid dienone is 5. The minimum absolute atomic E-state index is 0.251. The van der Waals surface area contributed by atoms with Gasteiger partial charge in [0.15, 0.2) is 11.5 Å². The first-order valence-electron chi connectivity index (χ1n) is 7.44. The molecule has 0 saturated carbocycles. The molecule has 120 valence electrons. The Balaban J connectivity index is 2.13. The van der Waals surface area contributed by atoms with Crippen LogP contribution in [0.1, 0.15) is 12.5 Å². The number of methoxy groups -OCH3 is 1. The lowest BCUT2D eigenvalue weighted by atomic mass is 10.1. The fourth-order valence-electron chi connectivity index (χ4n) is 2.09. The van der Waals surface area contributed by atoms with Crippen molar-refractivity contribution in [1.29, 1.82) is 0 Å². The minimum Gasteiger partial charge on any atom is -0.493 e. The molecule has 0 heterocycles. The van der Waals surface area contributed by atoms with Gasteiger partial charge in [-0.05, 0) is 30.7 Å². The van der Waals surface area contributed by atoms with Gasteiger partial charge in [-0.2, -0.15) is 0 Å². The van der Waals surface area contributed by atoms with E-state index >= 15 is 0 Å². The van der Waals surface area contributed by atoms with Crippen molar-refractivity contribution in [1.82, 2.24) is 0 Å². The zero-order valence-electron chi connectivity index (χ0n) is 13.3. The second-order valence-electron chi connectivity index (χ2n) is 4.71. The van der Waals surface area contributed by atoms with Crippen LogP contribution in [0.15, 0.2) is 60.2 Å². The molecule has 1 aliphatic rings. The molecule has 0 N–H and O–H groups in total. The van der Waals surface area contributed by atoms with Crippen molar-refractivity contribution in [2.75, 3.05) is 20.3 Å². The molecule has 23 heavy (non-hydrogen) atoms. The van der Waals surface area contributed by atoms with Gasteiger partial charge in [-0.1, -0.05) is 36.4 Å². The molecule has 0 aliphatic heterocycles. The van der Waals surface area contributed by atoms with Crippen LogP contribution in [0, 0.1) is 0 Å². The van der Waals surface area contributed by atoms with E-state index in [1.165, 1.54) is 6.08 Å². The molecule has 0 spiro atoms. The Labute approximate surface area is 136 Å². The Morgan fingerprint density at radius 1 is 1.22 bits per heavy atom. The Kier molecular flexibility index (Phi) is 6.24. The van der Waals surface area contributed by atoms with Crippen LogP contribution in [0.25, 0.3) is 6.08 Å². The van der Waals surface area contributed by atoms with Gasteiger partial charge >= 0.3 is 5.97 Å². The molecule has 0 amide bonds. The quantitative estimate of drug-likeness (QED) is 0.569. The van der Waals surface area contributed by atoms with Gasteiger partial charge in [0, 0.05) is 11.6 Å². The summed E-state index contributed by atoms with van der Waals surface area (Å²) in [6.45, 7) is 2.37. The highest BCUT2D eigenvalue weighted by atomic mass is 16.5. The molecule has 0 atom stereocenters. The predicted molar refractivity (Wildman–Crippen MR) is 90.5 cm³/mol. The lowest BCUT2D eigenvalue weighted by Crippen LogP contribution is -2.02. The number of esters is 1. The third-order valence-corrected chi connectivity index (χ3v) is 3.10. The van der Waals surface area contributed by atoms with E-state index in [4.69, 9.17) is 14.2 Å². The number of carbonyl (C=O) groups is 1. The summed E-state index contributed by atoms with van der Waals surface area (Å²) in [6.07, 6.45) is 13.0. The van der Waals surface area contributed by atoms with E-state index in [2.05, 4.69) is 0 Å². The molecule has 1 aromatic rings. The van der Waals surface area contributed by atoms with E-state index in [0.717, 1.165) is 11.1 Å². The SMILES string of the molecule is CCOC(=O)/C=C/COc1c(C=C2C=CC=C2)cccc1OC. The molecule has 0 radical (unpaired) electrons. The number of rotatable bonds is 7. The summed E-state index contributed by atoms with van der Waals surface area (Å²) in [5, 5.41) is 0. The summed E-state index contributed by atoms with van der Waals surface area (Å²) >= 11 is 0. The van der Waals surface area contributed by atoms with E-state index in [1.54, 1.807) is 20.1 Å². The largest absolute Gasteiger partial charge is 0.493 e. The van der Waals surface area contributed by atoms with Crippen LogP contribution < -0.4 is 9.47 Å². The molecule has 4 heteroatoms. The molecule has 1 aliphatic carbocycles. The van der Waals surface area contributed by atoms with Crippen molar-refractivity contribution in [2.45, 2.75) is 6.92 Å². The third-order valence-electron chi connectivity index (χ3n) is 3.10. The number of carbonyl (C=O) groups excluding carboxylic acids is 1. The maximum atomic E-state index is 11.3. The van der Waals surface area contributed by atoms with Gasteiger partial charge in [-0.3, -0.25) is 0 Å². The molecule has 0 saturated heterocycles. The summed E-state index contributed by atoms with van der Waals surface area (Å²) in [5.74, 6) is 0.916. The Hall–Kier alpha value is -2.75. The van der Waals surface area contributed by atoms with E-state index in [0.29, 0.717) is 18.1 Å². The van der Waals surface area contributed by atoms with Crippen LogP contribution in [0.4, 0.5) is 0 Å². The van der Waals surface area contributed by atoms with Gasteiger partial charge < -0.3 is 14.2 Å². The summed E-state index contributed by atoms with van der Waals surface area (Å²) in [5.41, 5.74) is 2.00. The number of hydrogen-bond donors (Lipinski definition) is 0. The van der Waals surface area contributed by atoms with E-state index < -0.39 is 0 Å². The van der Waals surface area contributed by atoms with Crippen LogP contribution in [0.5, 0.6) is 11.5 Å². The Bertz CT molecular complexity index is 652. The number of para-hydroxylation sites is 1. The topological polar surface area (TPSA) is 44.8 Å². The van der Waals surface area contributed by atoms with Crippen molar-refractivity contribution in [2.24, 2.45) is 0 Å². The van der Waals surface area contributed by atoms with Crippen molar-refractivity contribution in [3.8, 4) is 11.5 Å². The van der Waals surface area contributed by atoms with Crippen molar-refractivity contribution in [3.63, 3.8) is 0 Å². The molecule has 0 aromatic heterocycles. The van der Waals surface area contributed by atoms with Crippen LogP contribution in [-0.2, 0) is 9.53 Å². The van der Waals surface area contributed by atoms with Crippen molar-refractivity contribution in [3.05, 3.63) is 65.8 Å². The maximum Gasteiger partial charge on any atom is 0.330 e. The monoisotopic (exact) mass is 312 g/mol. The highest BCUT2D eigenvalue weighted by Crippen LogP contribution is 2.33. The van der Waals surface area contributed by atoms with Crippen molar-refractivity contribution < 1.29 is 19.0 Å². The second kappa shape index (κ2) is 8.63.